The molecule has 1 heterocycles. The number of aryl methyl sites for hydroxylation is 1. The lowest BCUT2D eigenvalue weighted by molar-refractivity contribution is 0.284. The molecular formula is C18H33NO2. The lowest BCUT2D eigenvalue weighted by atomic mass is 9.80. The van der Waals surface area contributed by atoms with Crippen LogP contribution >= 0.6 is 0 Å². The summed E-state index contributed by atoms with van der Waals surface area (Å²) in [7, 11) is 1.66. The predicted molar refractivity (Wildman–Crippen MR) is 88.0 cm³/mol. The van der Waals surface area contributed by atoms with Gasteiger partial charge in [0.25, 0.3) is 5.88 Å². The van der Waals surface area contributed by atoms with Crippen LogP contribution in [0.15, 0.2) is 4.42 Å². The van der Waals surface area contributed by atoms with Gasteiger partial charge in [-0.25, -0.2) is 0 Å². The first-order valence-corrected chi connectivity index (χ1v) is 8.59. The van der Waals surface area contributed by atoms with Crippen LogP contribution in [-0.4, -0.2) is 12.1 Å². The molecule has 0 aromatic carbocycles. The fourth-order valence-electron chi connectivity index (χ4n) is 2.85. The topological polar surface area (TPSA) is 35.3 Å². The molecule has 1 atom stereocenters. The Morgan fingerprint density at radius 2 is 1.62 bits per heavy atom. The predicted octanol–water partition coefficient (Wildman–Crippen LogP) is 5.80. The van der Waals surface area contributed by atoms with Crippen molar-refractivity contribution in [1.29, 1.82) is 0 Å². The van der Waals surface area contributed by atoms with E-state index in [0.29, 0.717) is 5.88 Å². The summed E-state index contributed by atoms with van der Waals surface area (Å²) in [6.45, 7) is 8.72. The standard InChI is InChI=1S/C18H33NO2/c1-6-8-10-11-12-14-18(4,13-9-7-2)17-19-16(20-5)15(3)21-17/h6-14H2,1-5H3. The van der Waals surface area contributed by atoms with Crippen molar-refractivity contribution in [2.45, 2.75) is 90.9 Å². The Balaban J connectivity index is 2.71. The van der Waals surface area contributed by atoms with Crippen molar-refractivity contribution in [2.24, 2.45) is 0 Å². The molecule has 0 aliphatic rings. The van der Waals surface area contributed by atoms with Gasteiger partial charge in [0, 0.05) is 5.41 Å². The third-order valence-electron chi connectivity index (χ3n) is 4.38. The molecule has 0 saturated carbocycles. The first-order chi connectivity index (χ1) is 10.1. The lowest BCUT2D eigenvalue weighted by Gasteiger charge is -2.26. The van der Waals surface area contributed by atoms with Crippen LogP contribution in [0.25, 0.3) is 0 Å². The molecule has 21 heavy (non-hydrogen) atoms. The average Bonchev–Trinajstić information content (AvgIpc) is 2.86. The summed E-state index contributed by atoms with van der Waals surface area (Å²) < 4.78 is 11.2. The molecular weight excluding hydrogens is 262 g/mol. The molecule has 0 N–H and O–H groups in total. The van der Waals surface area contributed by atoms with Crippen molar-refractivity contribution >= 4 is 0 Å². The molecule has 0 amide bonds. The second-order valence-corrected chi connectivity index (χ2v) is 6.41. The molecule has 1 aromatic rings. The quantitative estimate of drug-likeness (QED) is 0.484. The molecule has 1 aromatic heterocycles. The molecule has 0 bridgehead atoms. The zero-order valence-corrected chi connectivity index (χ0v) is 14.6. The maximum atomic E-state index is 5.91. The van der Waals surface area contributed by atoms with E-state index in [4.69, 9.17) is 9.15 Å². The number of nitrogens with zero attached hydrogens (tertiary/aromatic N) is 1. The minimum Gasteiger partial charge on any atom is -0.479 e. The van der Waals surface area contributed by atoms with E-state index in [9.17, 15) is 0 Å². The van der Waals surface area contributed by atoms with E-state index in [1.54, 1.807) is 7.11 Å². The molecule has 0 saturated heterocycles. The van der Waals surface area contributed by atoms with Crippen LogP contribution in [0.1, 0.15) is 90.2 Å². The van der Waals surface area contributed by atoms with Crippen molar-refractivity contribution in [3.05, 3.63) is 11.7 Å². The maximum absolute atomic E-state index is 5.91. The first-order valence-electron chi connectivity index (χ1n) is 8.59. The molecule has 3 heteroatoms. The molecule has 0 fully saturated rings. The van der Waals surface area contributed by atoms with E-state index in [0.717, 1.165) is 24.5 Å². The Morgan fingerprint density at radius 3 is 2.19 bits per heavy atom. The summed E-state index contributed by atoms with van der Waals surface area (Å²) in [6, 6.07) is 0. The normalized spacial score (nSPS) is 14.1. The molecule has 1 unspecified atom stereocenters. The van der Waals surface area contributed by atoms with E-state index >= 15 is 0 Å². The van der Waals surface area contributed by atoms with Gasteiger partial charge < -0.3 is 9.15 Å². The SMILES string of the molecule is CCCCCCCC(C)(CCCC)c1nc(OC)c(C)o1. The van der Waals surface area contributed by atoms with Gasteiger partial charge in [-0.1, -0.05) is 65.7 Å². The summed E-state index contributed by atoms with van der Waals surface area (Å²) in [5.74, 6) is 2.29. The average molecular weight is 295 g/mol. The third kappa shape index (κ3) is 5.37. The van der Waals surface area contributed by atoms with E-state index in [-0.39, 0.29) is 5.41 Å². The van der Waals surface area contributed by atoms with Gasteiger partial charge in [-0.15, -0.1) is 0 Å². The highest BCUT2D eigenvalue weighted by Crippen LogP contribution is 2.36. The Hall–Kier alpha value is -0.990. The van der Waals surface area contributed by atoms with Crippen LogP contribution in [0.4, 0.5) is 0 Å². The van der Waals surface area contributed by atoms with Gasteiger partial charge in [-0.2, -0.15) is 4.98 Å². The molecule has 0 radical (unpaired) electrons. The van der Waals surface area contributed by atoms with Crippen LogP contribution in [0, 0.1) is 6.92 Å². The zero-order chi connectivity index (χ0) is 15.7. The highest BCUT2D eigenvalue weighted by atomic mass is 16.5. The van der Waals surface area contributed by atoms with E-state index in [1.807, 2.05) is 6.92 Å². The van der Waals surface area contributed by atoms with E-state index in [1.165, 1.54) is 44.9 Å². The lowest BCUT2D eigenvalue weighted by Crippen LogP contribution is -2.22. The summed E-state index contributed by atoms with van der Waals surface area (Å²) in [4.78, 5) is 4.58. The van der Waals surface area contributed by atoms with Crippen molar-refractivity contribution in [2.75, 3.05) is 7.11 Å². The number of unbranched alkanes of at least 4 members (excludes halogenated alkanes) is 5. The van der Waals surface area contributed by atoms with Crippen LogP contribution in [0.5, 0.6) is 5.88 Å². The Kier molecular flexibility index (Phi) is 7.84. The smallest absolute Gasteiger partial charge is 0.255 e. The molecule has 0 spiro atoms. The summed E-state index contributed by atoms with van der Waals surface area (Å²) in [5.41, 5.74) is 0.0454. The van der Waals surface area contributed by atoms with Crippen molar-refractivity contribution in [3.8, 4) is 5.88 Å². The number of hydrogen-bond donors (Lipinski definition) is 0. The molecule has 3 nitrogen and oxygen atoms in total. The Morgan fingerprint density at radius 1 is 1.00 bits per heavy atom. The van der Waals surface area contributed by atoms with Gasteiger partial charge >= 0.3 is 0 Å². The zero-order valence-electron chi connectivity index (χ0n) is 14.6. The van der Waals surface area contributed by atoms with Gasteiger partial charge in [-0.3, -0.25) is 0 Å². The molecule has 1 rings (SSSR count). The number of rotatable bonds is 11. The number of aromatic nitrogens is 1. The fraction of sp³-hybridized carbons (Fsp3) is 0.833. The number of hydrogen-bond acceptors (Lipinski definition) is 3. The highest BCUT2D eigenvalue weighted by Gasteiger charge is 2.32. The minimum absolute atomic E-state index is 0.0454. The molecule has 122 valence electrons. The molecule has 0 aliphatic heterocycles. The van der Waals surface area contributed by atoms with Gasteiger partial charge in [0.15, 0.2) is 5.76 Å². The van der Waals surface area contributed by atoms with Crippen molar-refractivity contribution in [1.82, 2.24) is 4.98 Å². The summed E-state index contributed by atoms with van der Waals surface area (Å²) in [5, 5.41) is 0. The van der Waals surface area contributed by atoms with Crippen molar-refractivity contribution < 1.29 is 9.15 Å². The number of methoxy groups -OCH3 is 1. The van der Waals surface area contributed by atoms with Crippen LogP contribution in [-0.2, 0) is 5.41 Å². The van der Waals surface area contributed by atoms with Crippen LogP contribution in [0.3, 0.4) is 0 Å². The number of ether oxygens (including phenoxy) is 1. The maximum Gasteiger partial charge on any atom is 0.255 e. The summed E-state index contributed by atoms with van der Waals surface area (Å²) >= 11 is 0. The van der Waals surface area contributed by atoms with Gasteiger partial charge in [0.05, 0.1) is 7.11 Å². The first kappa shape index (κ1) is 18.1. The highest BCUT2D eigenvalue weighted by molar-refractivity contribution is 5.18. The van der Waals surface area contributed by atoms with Gasteiger partial charge in [0.2, 0.25) is 5.89 Å². The Labute approximate surface area is 130 Å². The van der Waals surface area contributed by atoms with Gasteiger partial charge in [-0.05, 0) is 19.8 Å². The second-order valence-electron chi connectivity index (χ2n) is 6.41. The van der Waals surface area contributed by atoms with Crippen LogP contribution in [0.2, 0.25) is 0 Å². The largest absolute Gasteiger partial charge is 0.479 e. The fourth-order valence-corrected chi connectivity index (χ4v) is 2.85. The van der Waals surface area contributed by atoms with Gasteiger partial charge in [0.1, 0.15) is 0 Å². The van der Waals surface area contributed by atoms with E-state index < -0.39 is 0 Å². The molecule has 0 aliphatic carbocycles. The number of oxazole rings is 1. The van der Waals surface area contributed by atoms with E-state index in [2.05, 4.69) is 25.8 Å². The summed E-state index contributed by atoms with van der Waals surface area (Å²) in [6.07, 6.45) is 11.3. The minimum atomic E-state index is 0.0454. The van der Waals surface area contributed by atoms with Crippen LogP contribution < -0.4 is 4.74 Å². The Bertz CT molecular complexity index is 400. The third-order valence-corrected chi connectivity index (χ3v) is 4.38. The van der Waals surface area contributed by atoms with Crippen molar-refractivity contribution in [3.63, 3.8) is 0 Å². The monoisotopic (exact) mass is 295 g/mol. The second kappa shape index (κ2) is 9.11.